The van der Waals surface area contributed by atoms with Gasteiger partial charge < -0.3 is 15.3 Å². The number of phenolic OH excluding ortho intramolecular Hbond substituents is 3. The molecule has 0 saturated heterocycles. The standard InChI is InChI=1S/C6H6O3.O/c7-4-1-5(8)3-6(9)2-4;/h1-3,7-9H;. The molecule has 1 aromatic rings. The lowest BCUT2D eigenvalue weighted by Gasteiger charge is -1.94. The molecule has 2 radical (unpaired) electrons. The van der Waals surface area contributed by atoms with Crippen LogP contribution < -0.4 is 0 Å². The minimum Gasteiger partial charge on any atom is -0.508 e. The largest absolute Gasteiger partial charge is 0.508 e. The molecule has 0 amide bonds. The average Bonchev–Trinajstić information content (AvgIpc) is 1.59. The monoisotopic (exact) mass is 142 g/mol. The van der Waals surface area contributed by atoms with E-state index >= 15 is 0 Å². The van der Waals surface area contributed by atoms with Crippen LogP contribution in [0.4, 0.5) is 0 Å². The zero-order valence-corrected chi connectivity index (χ0v) is 4.98. The number of rotatable bonds is 0. The van der Waals surface area contributed by atoms with Crippen LogP contribution in [0.5, 0.6) is 17.2 Å². The van der Waals surface area contributed by atoms with Crippen molar-refractivity contribution in [2.75, 3.05) is 0 Å². The topological polar surface area (TPSA) is 89.2 Å². The molecular formula is C6H6O4. The van der Waals surface area contributed by atoms with Gasteiger partial charge in [0.25, 0.3) is 0 Å². The van der Waals surface area contributed by atoms with Gasteiger partial charge in [-0.15, -0.1) is 0 Å². The Balaban J connectivity index is 0.000000810. The SMILES string of the molecule is Oc1cc(O)cc(O)c1.[O]. The molecule has 0 aliphatic rings. The quantitative estimate of drug-likeness (QED) is 0.497. The smallest absolute Gasteiger partial charge is 0.122 e. The third-order valence-corrected chi connectivity index (χ3v) is 0.887. The van der Waals surface area contributed by atoms with Crippen LogP contribution in [-0.4, -0.2) is 15.3 Å². The fraction of sp³-hybridized carbons (Fsp3) is 0. The van der Waals surface area contributed by atoms with E-state index in [9.17, 15) is 0 Å². The number of hydrogen-bond acceptors (Lipinski definition) is 3. The Kier molecular flexibility index (Phi) is 2.52. The van der Waals surface area contributed by atoms with E-state index in [1.54, 1.807) is 0 Å². The van der Waals surface area contributed by atoms with Crippen molar-refractivity contribution >= 4 is 0 Å². The van der Waals surface area contributed by atoms with E-state index in [4.69, 9.17) is 15.3 Å². The molecule has 4 heteroatoms. The van der Waals surface area contributed by atoms with E-state index in [2.05, 4.69) is 0 Å². The summed E-state index contributed by atoms with van der Waals surface area (Å²) < 4.78 is 0. The fourth-order valence-corrected chi connectivity index (χ4v) is 0.580. The highest BCUT2D eigenvalue weighted by Gasteiger charge is 1.94. The van der Waals surface area contributed by atoms with Gasteiger partial charge in [0.15, 0.2) is 0 Å². The summed E-state index contributed by atoms with van der Waals surface area (Å²) in [6.45, 7) is 0. The van der Waals surface area contributed by atoms with Gasteiger partial charge in [-0.25, -0.2) is 0 Å². The van der Waals surface area contributed by atoms with E-state index in [0.29, 0.717) is 0 Å². The van der Waals surface area contributed by atoms with Gasteiger partial charge in [0.1, 0.15) is 17.2 Å². The lowest BCUT2D eigenvalue weighted by molar-refractivity contribution is 0.428. The summed E-state index contributed by atoms with van der Waals surface area (Å²) in [7, 11) is 0. The van der Waals surface area contributed by atoms with Crippen molar-refractivity contribution in [1.29, 1.82) is 0 Å². The molecule has 0 fully saturated rings. The Morgan fingerprint density at radius 3 is 1.10 bits per heavy atom. The molecule has 10 heavy (non-hydrogen) atoms. The molecule has 1 aromatic carbocycles. The van der Waals surface area contributed by atoms with Gasteiger partial charge in [0.05, 0.1) is 0 Å². The van der Waals surface area contributed by atoms with Crippen LogP contribution in [0, 0.1) is 0 Å². The molecular weight excluding hydrogens is 136 g/mol. The Morgan fingerprint density at radius 2 is 0.900 bits per heavy atom. The summed E-state index contributed by atoms with van der Waals surface area (Å²) in [5.41, 5.74) is 0. The second kappa shape index (κ2) is 2.93. The maximum absolute atomic E-state index is 8.67. The molecule has 0 atom stereocenters. The molecule has 0 saturated carbocycles. The maximum Gasteiger partial charge on any atom is 0.122 e. The number of phenols is 3. The third-order valence-electron chi connectivity index (χ3n) is 0.887. The Labute approximate surface area is 57.3 Å². The summed E-state index contributed by atoms with van der Waals surface area (Å²) in [6.07, 6.45) is 0. The first-order valence-corrected chi connectivity index (χ1v) is 2.40. The van der Waals surface area contributed by atoms with Crippen molar-refractivity contribution in [3.05, 3.63) is 18.2 Å². The Bertz CT molecular complexity index is 171. The second-order valence-corrected chi connectivity index (χ2v) is 1.71. The van der Waals surface area contributed by atoms with Crippen molar-refractivity contribution in [3.63, 3.8) is 0 Å². The molecule has 0 unspecified atom stereocenters. The average molecular weight is 142 g/mol. The molecule has 0 aromatic heterocycles. The minimum atomic E-state index is -0.146. The van der Waals surface area contributed by atoms with Gasteiger partial charge in [0.2, 0.25) is 0 Å². The van der Waals surface area contributed by atoms with Gasteiger partial charge in [-0.1, -0.05) is 0 Å². The first kappa shape index (κ1) is 8.58. The lowest BCUT2D eigenvalue weighted by atomic mass is 10.3. The van der Waals surface area contributed by atoms with Crippen molar-refractivity contribution in [2.45, 2.75) is 0 Å². The third kappa shape index (κ3) is 1.83. The second-order valence-electron chi connectivity index (χ2n) is 1.71. The first-order valence-electron chi connectivity index (χ1n) is 2.40. The van der Waals surface area contributed by atoms with Crippen LogP contribution in [0.1, 0.15) is 0 Å². The minimum absolute atomic E-state index is 0. The normalized spacial score (nSPS) is 8.40. The molecule has 0 heterocycles. The van der Waals surface area contributed by atoms with Crippen molar-refractivity contribution in [3.8, 4) is 17.2 Å². The molecule has 0 aliphatic heterocycles. The van der Waals surface area contributed by atoms with Gasteiger partial charge >= 0.3 is 0 Å². The van der Waals surface area contributed by atoms with Crippen LogP contribution >= 0.6 is 0 Å². The highest BCUT2D eigenvalue weighted by atomic mass is 16.3. The molecule has 4 nitrogen and oxygen atoms in total. The Morgan fingerprint density at radius 1 is 0.700 bits per heavy atom. The lowest BCUT2D eigenvalue weighted by Crippen LogP contribution is -1.66. The molecule has 1 rings (SSSR count). The van der Waals surface area contributed by atoms with Crippen molar-refractivity contribution in [1.82, 2.24) is 0 Å². The van der Waals surface area contributed by atoms with Crippen LogP contribution in [0.15, 0.2) is 18.2 Å². The fourth-order valence-electron chi connectivity index (χ4n) is 0.580. The summed E-state index contributed by atoms with van der Waals surface area (Å²) >= 11 is 0. The summed E-state index contributed by atoms with van der Waals surface area (Å²) in [5, 5.41) is 26.0. The van der Waals surface area contributed by atoms with Gasteiger partial charge in [-0.2, -0.15) is 0 Å². The maximum atomic E-state index is 8.67. The van der Waals surface area contributed by atoms with Crippen molar-refractivity contribution < 1.29 is 20.8 Å². The van der Waals surface area contributed by atoms with Crippen LogP contribution in [0.2, 0.25) is 0 Å². The zero-order valence-electron chi connectivity index (χ0n) is 4.98. The van der Waals surface area contributed by atoms with Gasteiger partial charge in [-0.05, 0) is 0 Å². The van der Waals surface area contributed by atoms with E-state index < -0.39 is 0 Å². The predicted molar refractivity (Wildman–Crippen MR) is 32.1 cm³/mol. The summed E-state index contributed by atoms with van der Waals surface area (Å²) in [6, 6.07) is 3.42. The number of benzene rings is 1. The highest BCUT2D eigenvalue weighted by molar-refractivity contribution is 5.39. The van der Waals surface area contributed by atoms with Crippen LogP contribution in [0.3, 0.4) is 0 Å². The van der Waals surface area contributed by atoms with Gasteiger partial charge in [-0.3, -0.25) is 0 Å². The molecule has 0 aliphatic carbocycles. The Hall–Kier alpha value is -1.42. The zero-order chi connectivity index (χ0) is 6.85. The van der Waals surface area contributed by atoms with E-state index in [1.807, 2.05) is 0 Å². The van der Waals surface area contributed by atoms with Crippen molar-refractivity contribution in [2.24, 2.45) is 0 Å². The highest BCUT2D eigenvalue weighted by Crippen LogP contribution is 2.23. The summed E-state index contributed by atoms with van der Waals surface area (Å²) in [4.78, 5) is 0. The van der Waals surface area contributed by atoms with E-state index in [0.717, 1.165) is 18.2 Å². The van der Waals surface area contributed by atoms with Crippen LogP contribution in [0.25, 0.3) is 0 Å². The number of hydrogen-bond donors (Lipinski definition) is 3. The van der Waals surface area contributed by atoms with Gasteiger partial charge in [0, 0.05) is 23.7 Å². The molecule has 3 N–H and O–H groups in total. The molecule has 54 valence electrons. The van der Waals surface area contributed by atoms with E-state index in [1.165, 1.54) is 0 Å². The van der Waals surface area contributed by atoms with Crippen LogP contribution in [-0.2, 0) is 5.48 Å². The van der Waals surface area contributed by atoms with E-state index in [-0.39, 0.29) is 22.7 Å². The molecule has 0 bridgehead atoms. The number of aromatic hydroxyl groups is 3. The predicted octanol–water partition coefficient (Wildman–Crippen LogP) is 0.685. The summed E-state index contributed by atoms with van der Waals surface area (Å²) in [5.74, 6) is -0.437. The molecule has 0 spiro atoms. The first-order chi connectivity index (χ1) is 4.18.